The summed E-state index contributed by atoms with van der Waals surface area (Å²) in [6, 6.07) is 7.74. The second-order valence-electron chi connectivity index (χ2n) is 5.37. The monoisotopic (exact) mass is 397 g/mol. The summed E-state index contributed by atoms with van der Waals surface area (Å²) in [7, 11) is 3.64. The van der Waals surface area contributed by atoms with E-state index >= 15 is 0 Å². The quantitative estimate of drug-likeness (QED) is 0.693. The molecule has 0 spiro atoms. The zero-order chi connectivity index (χ0) is 20.0. The first-order valence-corrected chi connectivity index (χ1v) is 9.39. The molecule has 2 aromatic carbocycles. The van der Waals surface area contributed by atoms with Crippen LogP contribution in [0.2, 0.25) is 0 Å². The van der Waals surface area contributed by atoms with Gasteiger partial charge in [-0.05, 0) is 29.8 Å². The normalized spacial score (nSPS) is 11.0. The molecule has 9 heteroatoms. The summed E-state index contributed by atoms with van der Waals surface area (Å²) in [4.78, 5) is 0.0626. The van der Waals surface area contributed by atoms with Crippen LogP contribution in [0.3, 0.4) is 0 Å². The average molecular weight is 397 g/mol. The van der Waals surface area contributed by atoms with Crippen molar-refractivity contribution >= 4 is 10.0 Å². The van der Waals surface area contributed by atoms with Crippen LogP contribution in [0.25, 0.3) is 0 Å². The molecule has 0 bridgehead atoms. The third kappa shape index (κ3) is 4.55. The highest BCUT2D eigenvalue weighted by atomic mass is 32.2. The first kappa shape index (κ1) is 20.7. The molecule has 1 N–H and O–H groups in total. The minimum absolute atomic E-state index is 0.0351. The molecule has 0 unspecified atom stereocenters. The summed E-state index contributed by atoms with van der Waals surface area (Å²) < 4.78 is 53.9. The molecule has 0 saturated carbocycles. The van der Waals surface area contributed by atoms with Crippen molar-refractivity contribution in [3.63, 3.8) is 0 Å². The van der Waals surface area contributed by atoms with Crippen molar-refractivity contribution < 1.29 is 32.1 Å². The second kappa shape index (κ2) is 8.83. The largest absolute Gasteiger partial charge is 0.493 e. The number of ether oxygens (including phenoxy) is 5. The Morgan fingerprint density at radius 2 is 1.30 bits per heavy atom. The van der Waals surface area contributed by atoms with Crippen LogP contribution in [-0.2, 0) is 16.6 Å². The van der Waals surface area contributed by atoms with Crippen LogP contribution in [0.5, 0.6) is 28.7 Å². The van der Waals surface area contributed by atoms with Gasteiger partial charge in [-0.15, -0.1) is 0 Å². The van der Waals surface area contributed by atoms with Crippen molar-refractivity contribution in [3.05, 3.63) is 35.9 Å². The number of benzene rings is 2. The summed E-state index contributed by atoms with van der Waals surface area (Å²) in [5.74, 6) is 2.09. The Labute approximate surface area is 159 Å². The summed E-state index contributed by atoms with van der Waals surface area (Å²) in [6.07, 6.45) is 0. The molecule has 0 saturated heterocycles. The van der Waals surface area contributed by atoms with Gasteiger partial charge in [0.25, 0.3) is 0 Å². The molecule has 27 heavy (non-hydrogen) atoms. The fourth-order valence-corrected chi connectivity index (χ4v) is 3.52. The first-order chi connectivity index (χ1) is 12.9. The highest BCUT2D eigenvalue weighted by Gasteiger charge is 2.18. The highest BCUT2D eigenvalue weighted by molar-refractivity contribution is 7.89. The van der Waals surface area contributed by atoms with Crippen molar-refractivity contribution in [2.45, 2.75) is 11.4 Å². The van der Waals surface area contributed by atoms with Gasteiger partial charge in [0.05, 0.1) is 40.4 Å². The summed E-state index contributed by atoms with van der Waals surface area (Å²) >= 11 is 0. The standard InChI is InChI=1S/C18H23NO7S/c1-22-14-7-6-13(10-15(14)23-2)27(20,21)19-11-12-8-16(24-3)18(26-5)17(9-12)25-4/h6-10,19H,11H2,1-5H3. The molecular formula is C18H23NO7S. The van der Waals surface area contributed by atoms with E-state index < -0.39 is 10.0 Å². The molecule has 0 atom stereocenters. The lowest BCUT2D eigenvalue weighted by atomic mass is 10.2. The molecule has 0 aliphatic carbocycles. The molecule has 0 aromatic heterocycles. The van der Waals surface area contributed by atoms with Gasteiger partial charge in [0.15, 0.2) is 23.0 Å². The van der Waals surface area contributed by atoms with E-state index in [9.17, 15) is 8.42 Å². The molecule has 2 aromatic rings. The number of sulfonamides is 1. The van der Waals surface area contributed by atoms with Crippen LogP contribution < -0.4 is 28.4 Å². The lowest BCUT2D eigenvalue weighted by molar-refractivity contribution is 0.323. The van der Waals surface area contributed by atoms with Crippen LogP contribution in [0.4, 0.5) is 0 Å². The number of nitrogens with one attached hydrogen (secondary N) is 1. The van der Waals surface area contributed by atoms with E-state index in [-0.39, 0.29) is 11.4 Å². The molecule has 0 radical (unpaired) electrons. The van der Waals surface area contributed by atoms with Gasteiger partial charge in [-0.25, -0.2) is 13.1 Å². The van der Waals surface area contributed by atoms with E-state index in [0.717, 1.165) is 0 Å². The Kier molecular flexibility index (Phi) is 6.75. The molecule has 0 heterocycles. The van der Waals surface area contributed by atoms with Crippen molar-refractivity contribution in [1.82, 2.24) is 4.72 Å². The third-order valence-electron chi connectivity index (χ3n) is 3.86. The SMILES string of the molecule is COc1ccc(S(=O)(=O)NCc2cc(OC)c(OC)c(OC)c2)cc1OC. The van der Waals surface area contributed by atoms with Gasteiger partial charge >= 0.3 is 0 Å². The van der Waals surface area contributed by atoms with Gasteiger partial charge in [-0.2, -0.15) is 0 Å². The maximum absolute atomic E-state index is 12.6. The second-order valence-corrected chi connectivity index (χ2v) is 7.14. The summed E-state index contributed by atoms with van der Waals surface area (Å²) in [5.41, 5.74) is 0.647. The Balaban J connectivity index is 2.27. The summed E-state index contributed by atoms with van der Waals surface area (Å²) in [6.45, 7) is 0.0351. The van der Waals surface area contributed by atoms with E-state index in [1.807, 2.05) is 0 Å². The third-order valence-corrected chi connectivity index (χ3v) is 5.26. The molecule has 0 aliphatic heterocycles. The first-order valence-electron chi connectivity index (χ1n) is 7.90. The van der Waals surface area contributed by atoms with Crippen LogP contribution in [-0.4, -0.2) is 44.0 Å². The van der Waals surface area contributed by atoms with E-state index in [1.165, 1.54) is 53.7 Å². The Hall–Kier alpha value is -2.65. The van der Waals surface area contributed by atoms with Crippen LogP contribution in [0.1, 0.15) is 5.56 Å². The molecule has 148 valence electrons. The van der Waals surface area contributed by atoms with Crippen LogP contribution >= 0.6 is 0 Å². The predicted molar refractivity (Wildman–Crippen MR) is 99.7 cm³/mol. The lowest BCUT2D eigenvalue weighted by Crippen LogP contribution is -2.23. The molecule has 2 rings (SSSR count). The molecular weight excluding hydrogens is 374 g/mol. The number of methoxy groups -OCH3 is 5. The number of hydrogen-bond donors (Lipinski definition) is 1. The van der Waals surface area contributed by atoms with E-state index in [0.29, 0.717) is 34.3 Å². The maximum atomic E-state index is 12.6. The Morgan fingerprint density at radius 3 is 1.78 bits per heavy atom. The fraction of sp³-hybridized carbons (Fsp3) is 0.333. The van der Waals surface area contributed by atoms with Crippen molar-refractivity contribution in [1.29, 1.82) is 0 Å². The van der Waals surface area contributed by atoms with E-state index in [2.05, 4.69) is 4.72 Å². The fourth-order valence-electron chi connectivity index (χ4n) is 2.48. The van der Waals surface area contributed by atoms with Gasteiger partial charge in [0.1, 0.15) is 0 Å². The van der Waals surface area contributed by atoms with Crippen molar-refractivity contribution in [2.24, 2.45) is 0 Å². The zero-order valence-electron chi connectivity index (χ0n) is 15.9. The zero-order valence-corrected chi connectivity index (χ0v) is 16.7. The smallest absolute Gasteiger partial charge is 0.241 e. The van der Waals surface area contributed by atoms with Crippen molar-refractivity contribution in [2.75, 3.05) is 35.5 Å². The number of rotatable bonds is 9. The number of hydrogen-bond acceptors (Lipinski definition) is 7. The van der Waals surface area contributed by atoms with Gasteiger partial charge in [-0.3, -0.25) is 0 Å². The molecule has 8 nitrogen and oxygen atoms in total. The molecule has 0 amide bonds. The lowest BCUT2D eigenvalue weighted by Gasteiger charge is -2.15. The Bertz CT molecular complexity index is 872. The molecule has 0 fully saturated rings. The van der Waals surface area contributed by atoms with Crippen LogP contribution in [0, 0.1) is 0 Å². The summed E-state index contributed by atoms with van der Waals surface area (Å²) in [5, 5.41) is 0. The predicted octanol–water partition coefficient (Wildman–Crippen LogP) is 2.21. The minimum Gasteiger partial charge on any atom is -0.493 e. The molecule has 0 aliphatic rings. The minimum atomic E-state index is -3.77. The van der Waals surface area contributed by atoms with Gasteiger partial charge in [0, 0.05) is 12.6 Å². The van der Waals surface area contributed by atoms with Gasteiger partial charge in [0.2, 0.25) is 15.8 Å². The van der Waals surface area contributed by atoms with Crippen LogP contribution in [0.15, 0.2) is 35.2 Å². The van der Waals surface area contributed by atoms with Gasteiger partial charge in [-0.1, -0.05) is 0 Å². The maximum Gasteiger partial charge on any atom is 0.241 e. The topological polar surface area (TPSA) is 92.3 Å². The highest BCUT2D eigenvalue weighted by Crippen LogP contribution is 2.38. The van der Waals surface area contributed by atoms with Gasteiger partial charge < -0.3 is 23.7 Å². The average Bonchev–Trinajstić information content (AvgIpc) is 2.70. The van der Waals surface area contributed by atoms with Crippen molar-refractivity contribution in [3.8, 4) is 28.7 Å². The van der Waals surface area contributed by atoms with E-state index in [4.69, 9.17) is 23.7 Å². The van der Waals surface area contributed by atoms with E-state index in [1.54, 1.807) is 12.1 Å². The Morgan fingerprint density at radius 1 is 0.741 bits per heavy atom.